The van der Waals surface area contributed by atoms with E-state index in [1.807, 2.05) is 11.8 Å². The third kappa shape index (κ3) is 2.41. The van der Waals surface area contributed by atoms with Crippen LogP contribution in [-0.2, 0) is 6.54 Å². The first kappa shape index (κ1) is 13.8. The van der Waals surface area contributed by atoms with Crippen LogP contribution in [0.4, 0.5) is 5.95 Å². The molecule has 0 aliphatic heterocycles. The fourth-order valence-corrected chi connectivity index (χ4v) is 4.28. The number of nitrogens with zero attached hydrogens (tertiary/aromatic N) is 2. The lowest BCUT2D eigenvalue weighted by atomic mass is 9.88. The molecule has 0 radical (unpaired) electrons. The van der Waals surface area contributed by atoms with E-state index < -0.39 is 0 Å². The number of benzene rings is 1. The van der Waals surface area contributed by atoms with Gasteiger partial charge in [-0.2, -0.15) is 11.8 Å². The van der Waals surface area contributed by atoms with E-state index >= 15 is 0 Å². The van der Waals surface area contributed by atoms with Crippen molar-refractivity contribution in [2.24, 2.45) is 0 Å². The number of fused-ring (bicyclic) bond motifs is 1. The van der Waals surface area contributed by atoms with Crippen LogP contribution in [0.5, 0.6) is 0 Å². The maximum Gasteiger partial charge on any atom is 0.201 e. The van der Waals surface area contributed by atoms with E-state index in [-0.39, 0.29) is 0 Å². The zero-order valence-corrected chi connectivity index (χ0v) is 13.2. The van der Waals surface area contributed by atoms with Gasteiger partial charge in [-0.05, 0) is 43.7 Å². The number of nitrogens with two attached hydrogens (primary N) is 1. The molecule has 2 N–H and O–H groups in total. The molecular formula is C16H23N3S. The highest BCUT2D eigenvalue weighted by Gasteiger charge is 2.32. The Morgan fingerprint density at radius 3 is 2.75 bits per heavy atom. The summed E-state index contributed by atoms with van der Waals surface area (Å²) in [7, 11) is 0. The Hall–Kier alpha value is -1.16. The largest absolute Gasteiger partial charge is 0.369 e. The summed E-state index contributed by atoms with van der Waals surface area (Å²) in [6.45, 7) is 3.11. The van der Waals surface area contributed by atoms with Crippen molar-refractivity contribution in [3.05, 3.63) is 23.8 Å². The van der Waals surface area contributed by atoms with E-state index in [4.69, 9.17) is 5.73 Å². The highest BCUT2D eigenvalue weighted by Crippen LogP contribution is 2.41. The van der Waals surface area contributed by atoms with Crippen molar-refractivity contribution in [2.75, 3.05) is 12.0 Å². The van der Waals surface area contributed by atoms with Gasteiger partial charge in [0.25, 0.3) is 0 Å². The van der Waals surface area contributed by atoms with Gasteiger partial charge in [0, 0.05) is 11.3 Å². The zero-order valence-electron chi connectivity index (χ0n) is 12.4. The van der Waals surface area contributed by atoms with Crippen LogP contribution in [-0.4, -0.2) is 20.6 Å². The Labute approximate surface area is 124 Å². The Morgan fingerprint density at radius 2 is 2.05 bits per heavy atom. The summed E-state index contributed by atoms with van der Waals surface area (Å²) in [6.07, 6.45) is 8.88. The van der Waals surface area contributed by atoms with Crippen molar-refractivity contribution >= 4 is 28.7 Å². The minimum absolute atomic E-state index is 0.337. The van der Waals surface area contributed by atoms with Crippen molar-refractivity contribution in [1.29, 1.82) is 0 Å². The lowest BCUT2D eigenvalue weighted by Crippen LogP contribution is -2.33. The van der Waals surface area contributed by atoms with Gasteiger partial charge in [-0.1, -0.05) is 25.3 Å². The standard InChI is InChI=1S/C16H23N3S/c1-12-6-7-13-14(10-12)19(15(17)18-13)11-16(20-2)8-4-3-5-9-16/h6-7,10H,3-5,8-9,11H2,1-2H3,(H2,17,18). The van der Waals surface area contributed by atoms with Crippen LogP contribution in [0.1, 0.15) is 37.7 Å². The van der Waals surface area contributed by atoms with Gasteiger partial charge < -0.3 is 10.3 Å². The lowest BCUT2D eigenvalue weighted by molar-refractivity contribution is 0.363. The molecule has 4 heteroatoms. The van der Waals surface area contributed by atoms with E-state index in [1.54, 1.807) is 0 Å². The smallest absolute Gasteiger partial charge is 0.201 e. The molecular weight excluding hydrogens is 266 g/mol. The van der Waals surface area contributed by atoms with Gasteiger partial charge in [0.2, 0.25) is 5.95 Å². The summed E-state index contributed by atoms with van der Waals surface area (Å²) < 4.78 is 2.56. The van der Waals surface area contributed by atoms with E-state index in [0.717, 1.165) is 12.1 Å². The van der Waals surface area contributed by atoms with Crippen LogP contribution in [0.2, 0.25) is 0 Å². The lowest BCUT2D eigenvalue weighted by Gasteiger charge is -2.36. The molecule has 0 spiro atoms. The Morgan fingerprint density at radius 1 is 1.30 bits per heavy atom. The van der Waals surface area contributed by atoms with Crippen LogP contribution in [0, 0.1) is 6.92 Å². The van der Waals surface area contributed by atoms with Crippen LogP contribution >= 0.6 is 11.8 Å². The number of anilines is 1. The molecule has 3 nitrogen and oxygen atoms in total. The van der Waals surface area contributed by atoms with E-state index in [0.29, 0.717) is 10.7 Å². The SMILES string of the molecule is CSC1(Cn2c(N)nc3ccc(C)cc32)CCCCC1. The summed E-state index contributed by atoms with van der Waals surface area (Å²) in [6, 6.07) is 6.38. The number of nitrogen functional groups attached to an aromatic ring is 1. The first-order valence-electron chi connectivity index (χ1n) is 7.41. The predicted molar refractivity (Wildman–Crippen MR) is 88.2 cm³/mol. The van der Waals surface area contributed by atoms with E-state index in [2.05, 4.69) is 40.9 Å². The highest BCUT2D eigenvalue weighted by atomic mass is 32.2. The van der Waals surface area contributed by atoms with Gasteiger partial charge in [0.05, 0.1) is 11.0 Å². The molecule has 1 aromatic heterocycles. The second kappa shape index (κ2) is 5.32. The van der Waals surface area contributed by atoms with Crippen molar-refractivity contribution < 1.29 is 0 Å². The van der Waals surface area contributed by atoms with Gasteiger partial charge in [0.15, 0.2) is 0 Å². The predicted octanol–water partition coefficient (Wildman–Crippen LogP) is 3.99. The summed E-state index contributed by atoms with van der Waals surface area (Å²) >= 11 is 2.01. The number of thioether (sulfide) groups is 1. The zero-order chi connectivity index (χ0) is 14.2. The molecule has 1 heterocycles. The molecule has 1 saturated carbocycles. The van der Waals surface area contributed by atoms with Gasteiger partial charge in [-0.15, -0.1) is 0 Å². The third-order valence-electron chi connectivity index (χ3n) is 4.58. The van der Waals surface area contributed by atoms with Crippen LogP contribution < -0.4 is 5.73 Å². The molecule has 1 aromatic carbocycles. The normalized spacial score (nSPS) is 18.5. The molecule has 0 unspecified atom stereocenters. The number of aromatic nitrogens is 2. The van der Waals surface area contributed by atoms with E-state index in [9.17, 15) is 0 Å². The maximum absolute atomic E-state index is 6.18. The van der Waals surface area contributed by atoms with E-state index in [1.165, 1.54) is 43.2 Å². The topological polar surface area (TPSA) is 43.8 Å². The van der Waals surface area contributed by atoms with Crippen LogP contribution in [0.15, 0.2) is 18.2 Å². The van der Waals surface area contributed by atoms with Crippen LogP contribution in [0.25, 0.3) is 11.0 Å². The average Bonchev–Trinajstić information content (AvgIpc) is 2.76. The Kier molecular flexibility index (Phi) is 3.67. The van der Waals surface area contributed by atoms with Crippen molar-refractivity contribution in [2.45, 2.75) is 50.3 Å². The molecule has 1 aliphatic carbocycles. The maximum atomic E-state index is 6.18. The number of imidazole rings is 1. The number of aryl methyl sites for hydroxylation is 1. The van der Waals surface area contributed by atoms with Crippen molar-refractivity contribution in [3.8, 4) is 0 Å². The molecule has 108 valence electrons. The average molecular weight is 289 g/mol. The molecule has 0 amide bonds. The number of hydrogen-bond acceptors (Lipinski definition) is 3. The van der Waals surface area contributed by atoms with Crippen molar-refractivity contribution in [3.63, 3.8) is 0 Å². The summed E-state index contributed by atoms with van der Waals surface area (Å²) in [5.74, 6) is 0.657. The minimum atomic E-state index is 0.337. The van der Waals surface area contributed by atoms with Gasteiger partial charge in [-0.3, -0.25) is 0 Å². The molecule has 0 bridgehead atoms. The second-order valence-corrected chi connectivity index (χ2v) is 7.27. The molecule has 0 atom stereocenters. The Bertz CT molecular complexity index is 611. The molecule has 3 rings (SSSR count). The molecule has 1 fully saturated rings. The molecule has 2 aromatic rings. The first-order valence-corrected chi connectivity index (χ1v) is 8.64. The quantitative estimate of drug-likeness (QED) is 0.929. The molecule has 0 saturated heterocycles. The molecule has 1 aliphatic rings. The second-order valence-electron chi connectivity index (χ2n) is 6.00. The monoisotopic (exact) mass is 289 g/mol. The van der Waals surface area contributed by atoms with Gasteiger partial charge in [0.1, 0.15) is 0 Å². The summed E-state index contributed by atoms with van der Waals surface area (Å²) in [5.41, 5.74) is 9.64. The first-order chi connectivity index (χ1) is 9.63. The number of hydrogen-bond donors (Lipinski definition) is 1. The van der Waals surface area contributed by atoms with Crippen LogP contribution in [0.3, 0.4) is 0 Å². The van der Waals surface area contributed by atoms with Gasteiger partial charge in [-0.25, -0.2) is 4.98 Å². The number of rotatable bonds is 3. The van der Waals surface area contributed by atoms with Gasteiger partial charge >= 0.3 is 0 Å². The fraction of sp³-hybridized carbons (Fsp3) is 0.562. The highest BCUT2D eigenvalue weighted by molar-refractivity contribution is 8.00. The third-order valence-corrected chi connectivity index (χ3v) is 5.98. The fourth-order valence-electron chi connectivity index (χ4n) is 3.33. The minimum Gasteiger partial charge on any atom is -0.369 e. The molecule has 20 heavy (non-hydrogen) atoms. The summed E-state index contributed by atoms with van der Waals surface area (Å²) in [4.78, 5) is 4.52. The van der Waals surface area contributed by atoms with Crippen molar-refractivity contribution in [1.82, 2.24) is 9.55 Å². The summed E-state index contributed by atoms with van der Waals surface area (Å²) in [5, 5.41) is 0. The Balaban J connectivity index is 2.00.